The number of pyridine rings is 1. The first-order chi connectivity index (χ1) is 12.8. The number of carbonyl (C=O) groups is 1. The number of benzene rings is 1. The fourth-order valence-corrected chi connectivity index (χ4v) is 4.41. The number of rotatable bonds is 4. The van der Waals surface area contributed by atoms with Crippen molar-refractivity contribution in [1.82, 2.24) is 20.1 Å². The minimum atomic E-state index is 0.0838. The highest BCUT2D eigenvalue weighted by atomic mass is 16.2. The quantitative estimate of drug-likeness (QED) is 0.792. The zero-order valence-corrected chi connectivity index (χ0v) is 14.4. The van der Waals surface area contributed by atoms with Gasteiger partial charge in [-0.15, -0.1) is 0 Å². The van der Waals surface area contributed by atoms with Crippen molar-refractivity contribution in [2.24, 2.45) is 5.92 Å². The molecule has 1 spiro atoms. The summed E-state index contributed by atoms with van der Waals surface area (Å²) in [6.45, 7) is 0.468. The molecule has 1 saturated carbocycles. The molecule has 5 nitrogen and oxygen atoms in total. The lowest BCUT2D eigenvalue weighted by molar-refractivity contribution is -0.122. The first-order valence-corrected chi connectivity index (χ1v) is 9.08. The summed E-state index contributed by atoms with van der Waals surface area (Å²) in [5, 5.41) is 7.37. The lowest BCUT2D eigenvalue weighted by Crippen LogP contribution is -2.28. The van der Waals surface area contributed by atoms with Crippen molar-refractivity contribution in [1.29, 1.82) is 0 Å². The molecule has 0 aliphatic heterocycles. The van der Waals surface area contributed by atoms with Gasteiger partial charge in [-0.2, -0.15) is 5.10 Å². The monoisotopic (exact) mass is 344 g/mol. The van der Waals surface area contributed by atoms with Crippen molar-refractivity contribution in [3.8, 4) is 5.82 Å². The second-order valence-electron chi connectivity index (χ2n) is 7.22. The molecule has 2 atom stereocenters. The minimum Gasteiger partial charge on any atom is -0.352 e. The zero-order chi connectivity index (χ0) is 17.6. The van der Waals surface area contributed by atoms with Crippen LogP contribution >= 0.6 is 0 Å². The van der Waals surface area contributed by atoms with E-state index < -0.39 is 0 Å². The van der Waals surface area contributed by atoms with Crippen LogP contribution in [0.25, 0.3) is 5.82 Å². The molecule has 1 aromatic carbocycles. The smallest absolute Gasteiger partial charge is 0.224 e. The summed E-state index contributed by atoms with van der Waals surface area (Å²) in [6, 6.07) is 14.3. The van der Waals surface area contributed by atoms with Gasteiger partial charge in [0.25, 0.3) is 0 Å². The maximum Gasteiger partial charge on any atom is 0.224 e. The Kier molecular flexibility index (Phi) is 3.42. The van der Waals surface area contributed by atoms with Gasteiger partial charge in [-0.3, -0.25) is 4.79 Å². The van der Waals surface area contributed by atoms with Crippen molar-refractivity contribution in [2.75, 3.05) is 0 Å². The van der Waals surface area contributed by atoms with E-state index in [1.54, 1.807) is 17.1 Å². The van der Waals surface area contributed by atoms with Gasteiger partial charge in [-0.25, -0.2) is 9.67 Å². The molecular weight excluding hydrogens is 324 g/mol. The van der Waals surface area contributed by atoms with E-state index in [1.807, 2.05) is 24.4 Å². The molecule has 2 heterocycles. The van der Waals surface area contributed by atoms with Gasteiger partial charge in [0, 0.05) is 42.0 Å². The van der Waals surface area contributed by atoms with Gasteiger partial charge >= 0.3 is 0 Å². The Hall–Kier alpha value is -2.95. The first-order valence-electron chi connectivity index (χ1n) is 9.08. The van der Waals surface area contributed by atoms with Crippen molar-refractivity contribution in [3.05, 3.63) is 77.7 Å². The van der Waals surface area contributed by atoms with Crippen LogP contribution in [0.3, 0.4) is 0 Å². The van der Waals surface area contributed by atoms with Crippen LogP contribution in [-0.2, 0) is 23.2 Å². The summed E-state index contributed by atoms with van der Waals surface area (Å²) in [6.07, 6.45) is 8.48. The molecule has 130 valence electrons. The molecule has 26 heavy (non-hydrogen) atoms. The number of amides is 1. The number of carbonyl (C=O) groups excluding carboxylic acids is 1. The highest BCUT2D eigenvalue weighted by Crippen LogP contribution is 2.61. The average Bonchev–Trinajstić information content (AvgIpc) is 3.02. The molecule has 5 rings (SSSR count). The van der Waals surface area contributed by atoms with Gasteiger partial charge < -0.3 is 5.32 Å². The third-order valence-corrected chi connectivity index (χ3v) is 5.83. The topological polar surface area (TPSA) is 59.8 Å². The Labute approximate surface area is 152 Å². The Morgan fingerprint density at radius 2 is 2.12 bits per heavy atom. The zero-order valence-electron chi connectivity index (χ0n) is 14.4. The SMILES string of the molecule is O=C(NCc1cccnc1-n1cccn1)[C@H]1C[C@]12CCc1ccccc12. The largest absolute Gasteiger partial charge is 0.352 e. The third-order valence-electron chi connectivity index (χ3n) is 5.83. The number of hydrogen-bond donors (Lipinski definition) is 1. The second kappa shape index (κ2) is 5.80. The molecule has 1 amide bonds. The van der Waals surface area contributed by atoms with Gasteiger partial charge in [-0.1, -0.05) is 30.3 Å². The predicted molar refractivity (Wildman–Crippen MR) is 97.8 cm³/mol. The van der Waals surface area contributed by atoms with E-state index in [1.165, 1.54) is 11.1 Å². The Morgan fingerprint density at radius 1 is 1.19 bits per heavy atom. The highest BCUT2D eigenvalue weighted by molar-refractivity contribution is 5.85. The van der Waals surface area contributed by atoms with Crippen LogP contribution in [-0.4, -0.2) is 20.7 Å². The molecule has 3 aromatic rings. The molecule has 5 heteroatoms. The number of aromatic nitrogens is 3. The summed E-state index contributed by atoms with van der Waals surface area (Å²) in [4.78, 5) is 17.2. The maximum absolute atomic E-state index is 12.8. The summed E-state index contributed by atoms with van der Waals surface area (Å²) in [7, 11) is 0. The fourth-order valence-electron chi connectivity index (χ4n) is 4.41. The van der Waals surface area contributed by atoms with Crippen LogP contribution in [0.4, 0.5) is 0 Å². The van der Waals surface area contributed by atoms with Crippen LogP contribution in [0.5, 0.6) is 0 Å². The van der Waals surface area contributed by atoms with Crippen molar-refractivity contribution >= 4 is 5.91 Å². The molecule has 0 saturated heterocycles. The minimum absolute atomic E-state index is 0.0838. The number of aryl methyl sites for hydroxylation is 1. The van der Waals surface area contributed by atoms with Gasteiger partial charge in [0.1, 0.15) is 0 Å². The van der Waals surface area contributed by atoms with E-state index >= 15 is 0 Å². The molecule has 1 N–H and O–H groups in total. The van der Waals surface area contributed by atoms with E-state index in [4.69, 9.17) is 0 Å². The molecule has 0 radical (unpaired) electrons. The Bertz CT molecular complexity index is 966. The molecule has 2 aliphatic carbocycles. The molecule has 2 aromatic heterocycles. The van der Waals surface area contributed by atoms with Gasteiger partial charge in [0.2, 0.25) is 5.91 Å². The molecule has 1 fully saturated rings. The van der Waals surface area contributed by atoms with E-state index in [0.29, 0.717) is 6.54 Å². The highest BCUT2D eigenvalue weighted by Gasteiger charge is 2.61. The van der Waals surface area contributed by atoms with Gasteiger partial charge in [0.15, 0.2) is 5.82 Å². The van der Waals surface area contributed by atoms with Crippen molar-refractivity contribution in [2.45, 2.75) is 31.2 Å². The predicted octanol–water partition coefficient (Wildman–Crippen LogP) is 2.79. The third kappa shape index (κ3) is 2.35. The summed E-state index contributed by atoms with van der Waals surface area (Å²) >= 11 is 0. The Balaban J connectivity index is 1.31. The van der Waals surface area contributed by atoms with Gasteiger partial charge in [0.05, 0.1) is 0 Å². The second-order valence-corrected chi connectivity index (χ2v) is 7.22. The van der Waals surface area contributed by atoms with Crippen LogP contribution < -0.4 is 5.32 Å². The van der Waals surface area contributed by atoms with Crippen molar-refractivity contribution in [3.63, 3.8) is 0 Å². The van der Waals surface area contributed by atoms with E-state index in [9.17, 15) is 4.79 Å². The van der Waals surface area contributed by atoms with E-state index in [-0.39, 0.29) is 17.2 Å². The Morgan fingerprint density at radius 3 is 3.00 bits per heavy atom. The fraction of sp³-hybridized carbons (Fsp3) is 0.286. The summed E-state index contributed by atoms with van der Waals surface area (Å²) in [5.41, 5.74) is 3.85. The van der Waals surface area contributed by atoms with Crippen LogP contribution in [0, 0.1) is 5.92 Å². The summed E-state index contributed by atoms with van der Waals surface area (Å²) < 4.78 is 1.73. The number of hydrogen-bond acceptors (Lipinski definition) is 3. The molecule has 0 bridgehead atoms. The standard InChI is InChI=1S/C21H20N4O/c26-20(18-13-21(18)9-8-15-5-1-2-7-17(15)21)23-14-16-6-3-10-22-19(16)25-12-4-11-24-25/h1-7,10-12,18H,8-9,13-14H2,(H,23,26)/t18-,21+/m1/s1. The van der Waals surface area contributed by atoms with Crippen LogP contribution in [0.1, 0.15) is 29.5 Å². The number of nitrogens with zero attached hydrogens (tertiary/aromatic N) is 3. The summed E-state index contributed by atoms with van der Waals surface area (Å²) in [5.74, 6) is 1.00. The number of fused-ring (bicyclic) bond motifs is 2. The lowest BCUT2D eigenvalue weighted by Gasteiger charge is -2.13. The van der Waals surface area contributed by atoms with E-state index in [0.717, 1.165) is 30.6 Å². The van der Waals surface area contributed by atoms with Gasteiger partial charge in [-0.05, 0) is 42.5 Å². The van der Waals surface area contributed by atoms with Crippen LogP contribution in [0.15, 0.2) is 61.1 Å². The normalized spacial score (nSPS) is 23.0. The molecule has 2 aliphatic rings. The number of nitrogens with one attached hydrogen (secondary N) is 1. The van der Waals surface area contributed by atoms with E-state index in [2.05, 4.69) is 39.7 Å². The van der Waals surface area contributed by atoms with Crippen molar-refractivity contribution < 1.29 is 4.79 Å². The lowest BCUT2D eigenvalue weighted by atomic mass is 9.95. The molecular formula is C21H20N4O. The average molecular weight is 344 g/mol. The molecule has 0 unspecified atom stereocenters. The maximum atomic E-state index is 12.8. The van der Waals surface area contributed by atoms with Crippen LogP contribution in [0.2, 0.25) is 0 Å². The first kappa shape index (κ1) is 15.3.